The number of fused-ring (bicyclic) bond motifs is 3. The van der Waals surface area contributed by atoms with Crippen molar-refractivity contribution in [2.75, 3.05) is 0 Å². The molecule has 0 bridgehead atoms. The van der Waals surface area contributed by atoms with Gasteiger partial charge in [0.2, 0.25) is 0 Å². The molecule has 4 nitrogen and oxygen atoms in total. The maximum atomic E-state index is 11.6. The number of rotatable bonds is 4. The van der Waals surface area contributed by atoms with E-state index < -0.39 is 18.0 Å². The number of benzene rings is 4. The van der Waals surface area contributed by atoms with Gasteiger partial charge in [0.25, 0.3) is 10.1 Å². The minimum Gasteiger partial charge on any atom is -0.456 e. The SMILES string of the molecule is O=S(=O)(O)c1ccc2oc3ccc(P(c4ccccc4)c4ccccc4)cc3c2c1. The lowest BCUT2D eigenvalue weighted by Gasteiger charge is -2.19. The fraction of sp³-hybridized carbons (Fsp3) is 0. The van der Waals surface area contributed by atoms with Crippen LogP contribution in [0, 0.1) is 0 Å². The topological polar surface area (TPSA) is 67.5 Å². The van der Waals surface area contributed by atoms with Gasteiger partial charge in [-0.3, -0.25) is 4.55 Å². The van der Waals surface area contributed by atoms with E-state index >= 15 is 0 Å². The van der Waals surface area contributed by atoms with Crippen LogP contribution in [-0.2, 0) is 10.1 Å². The van der Waals surface area contributed by atoms with Crippen molar-refractivity contribution in [3.8, 4) is 0 Å². The summed E-state index contributed by atoms with van der Waals surface area (Å²) in [6.45, 7) is 0. The van der Waals surface area contributed by atoms with E-state index in [2.05, 4.69) is 36.4 Å². The zero-order valence-corrected chi connectivity index (χ0v) is 17.5. The van der Waals surface area contributed by atoms with Crippen LogP contribution in [0.4, 0.5) is 0 Å². The third-order valence-corrected chi connectivity index (χ3v) is 8.28. The molecule has 1 aromatic heterocycles. The number of furan rings is 1. The van der Waals surface area contributed by atoms with E-state index in [1.807, 2.05) is 42.5 Å². The Kier molecular flexibility index (Phi) is 4.67. The molecule has 148 valence electrons. The predicted molar refractivity (Wildman–Crippen MR) is 122 cm³/mol. The molecule has 4 aromatic carbocycles. The lowest BCUT2D eigenvalue weighted by molar-refractivity contribution is 0.483. The summed E-state index contributed by atoms with van der Waals surface area (Å²) in [4.78, 5) is -0.142. The van der Waals surface area contributed by atoms with Crippen LogP contribution in [0.25, 0.3) is 21.9 Å². The smallest absolute Gasteiger partial charge is 0.294 e. The monoisotopic (exact) mass is 432 g/mol. The van der Waals surface area contributed by atoms with Crippen molar-refractivity contribution in [3.05, 3.63) is 97.1 Å². The van der Waals surface area contributed by atoms with Crippen LogP contribution >= 0.6 is 7.92 Å². The van der Waals surface area contributed by atoms with E-state index in [-0.39, 0.29) is 4.90 Å². The highest BCUT2D eigenvalue weighted by molar-refractivity contribution is 7.85. The van der Waals surface area contributed by atoms with Crippen molar-refractivity contribution in [1.82, 2.24) is 0 Å². The number of hydrogen-bond donors (Lipinski definition) is 1. The van der Waals surface area contributed by atoms with Crippen molar-refractivity contribution in [2.24, 2.45) is 0 Å². The van der Waals surface area contributed by atoms with Crippen molar-refractivity contribution in [1.29, 1.82) is 0 Å². The Hall–Kier alpha value is -2.98. The van der Waals surface area contributed by atoms with Crippen LogP contribution < -0.4 is 15.9 Å². The van der Waals surface area contributed by atoms with E-state index in [0.29, 0.717) is 16.6 Å². The molecule has 0 amide bonds. The molecule has 0 aliphatic carbocycles. The van der Waals surface area contributed by atoms with Gasteiger partial charge in [0.1, 0.15) is 11.2 Å². The maximum absolute atomic E-state index is 11.6. The average molecular weight is 432 g/mol. The zero-order chi connectivity index (χ0) is 20.7. The quantitative estimate of drug-likeness (QED) is 0.333. The summed E-state index contributed by atoms with van der Waals surface area (Å²) in [5.74, 6) is 0. The van der Waals surface area contributed by atoms with Gasteiger partial charge in [-0.25, -0.2) is 0 Å². The molecule has 0 atom stereocenters. The average Bonchev–Trinajstić information content (AvgIpc) is 3.12. The summed E-state index contributed by atoms with van der Waals surface area (Å²) in [7, 11) is -5.09. The lowest BCUT2D eigenvalue weighted by Crippen LogP contribution is -2.20. The molecule has 5 aromatic rings. The van der Waals surface area contributed by atoms with Crippen molar-refractivity contribution in [2.45, 2.75) is 4.90 Å². The molecule has 0 fully saturated rings. The second-order valence-electron chi connectivity index (χ2n) is 6.92. The van der Waals surface area contributed by atoms with Gasteiger partial charge in [0.05, 0.1) is 4.90 Å². The molecule has 0 radical (unpaired) electrons. The normalized spacial score (nSPS) is 12.1. The van der Waals surface area contributed by atoms with Crippen LogP contribution in [-0.4, -0.2) is 13.0 Å². The lowest BCUT2D eigenvalue weighted by atomic mass is 10.1. The van der Waals surface area contributed by atoms with Gasteiger partial charge in [-0.2, -0.15) is 8.42 Å². The first-order valence-corrected chi connectivity index (χ1v) is 12.1. The van der Waals surface area contributed by atoms with E-state index in [9.17, 15) is 13.0 Å². The maximum Gasteiger partial charge on any atom is 0.294 e. The summed E-state index contributed by atoms with van der Waals surface area (Å²) in [5.41, 5.74) is 1.26. The molecular formula is C24H17O4PS. The second-order valence-corrected chi connectivity index (χ2v) is 10.6. The number of hydrogen-bond acceptors (Lipinski definition) is 3. The second kappa shape index (κ2) is 7.37. The van der Waals surface area contributed by atoms with Crippen LogP contribution in [0.5, 0.6) is 0 Å². The fourth-order valence-electron chi connectivity index (χ4n) is 3.65. The summed E-state index contributed by atoms with van der Waals surface area (Å²) >= 11 is 0. The molecule has 30 heavy (non-hydrogen) atoms. The third kappa shape index (κ3) is 3.41. The minimum absolute atomic E-state index is 0.142. The molecule has 0 unspecified atom stereocenters. The van der Waals surface area contributed by atoms with Crippen LogP contribution in [0.1, 0.15) is 0 Å². The molecule has 0 saturated heterocycles. The van der Waals surface area contributed by atoms with Crippen molar-refractivity contribution in [3.63, 3.8) is 0 Å². The fourth-order valence-corrected chi connectivity index (χ4v) is 6.47. The van der Waals surface area contributed by atoms with Gasteiger partial charge < -0.3 is 4.42 Å². The Labute approximate surface area is 175 Å². The molecule has 1 N–H and O–H groups in total. The van der Waals surface area contributed by atoms with Crippen LogP contribution in [0.2, 0.25) is 0 Å². The molecule has 0 aliphatic heterocycles. The van der Waals surface area contributed by atoms with Gasteiger partial charge in [0, 0.05) is 10.8 Å². The van der Waals surface area contributed by atoms with E-state index in [0.717, 1.165) is 10.7 Å². The standard InChI is InChI=1S/C24H17O4PS/c25-30(26,27)20-12-14-24-22(16-20)21-15-19(11-13-23(21)28-24)29(17-7-3-1-4-8-17)18-9-5-2-6-10-18/h1-16H,(H,25,26,27). The Bertz CT molecular complexity index is 1420. The summed E-state index contributed by atoms with van der Waals surface area (Å²) < 4.78 is 38.6. The van der Waals surface area contributed by atoms with Gasteiger partial charge in [-0.1, -0.05) is 66.7 Å². The molecule has 5 rings (SSSR count). The Morgan fingerprint density at radius 2 is 1.17 bits per heavy atom. The largest absolute Gasteiger partial charge is 0.456 e. The Morgan fingerprint density at radius 1 is 0.633 bits per heavy atom. The minimum atomic E-state index is -4.29. The first-order chi connectivity index (χ1) is 14.5. The Morgan fingerprint density at radius 3 is 1.73 bits per heavy atom. The van der Waals surface area contributed by atoms with Crippen molar-refractivity contribution >= 4 is 55.9 Å². The first kappa shape index (κ1) is 19.0. The highest BCUT2D eigenvalue weighted by atomic mass is 32.2. The highest BCUT2D eigenvalue weighted by Gasteiger charge is 2.19. The first-order valence-electron chi connectivity index (χ1n) is 9.35. The molecule has 0 saturated carbocycles. The molecule has 1 heterocycles. The van der Waals surface area contributed by atoms with Crippen LogP contribution in [0.3, 0.4) is 0 Å². The van der Waals surface area contributed by atoms with E-state index in [1.54, 1.807) is 6.07 Å². The summed E-state index contributed by atoms with van der Waals surface area (Å²) in [5, 5.41) is 5.08. The van der Waals surface area contributed by atoms with E-state index in [1.165, 1.54) is 22.7 Å². The third-order valence-electron chi connectivity index (χ3n) is 5.01. The van der Waals surface area contributed by atoms with Gasteiger partial charge in [-0.15, -0.1) is 0 Å². The van der Waals surface area contributed by atoms with Crippen molar-refractivity contribution < 1.29 is 17.4 Å². The van der Waals surface area contributed by atoms with Gasteiger partial charge in [0.15, 0.2) is 0 Å². The summed E-state index contributed by atoms with van der Waals surface area (Å²) in [6.07, 6.45) is 0. The predicted octanol–water partition coefficient (Wildman–Crippen LogP) is 4.59. The molecule has 0 spiro atoms. The van der Waals surface area contributed by atoms with Gasteiger partial charge >= 0.3 is 0 Å². The zero-order valence-electron chi connectivity index (χ0n) is 15.8. The Balaban J connectivity index is 1.75. The van der Waals surface area contributed by atoms with E-state index in [4.69, 9.17) is 4.42 Å². The van der Waals surface area contributed by atoms with Crippen LogP contribution in [0.15, 0.2) is 106 Å². The molecular weight excluding hydrogens is 415 g/mol. The molecule has 6 heteroatoms. The molecule has 0 aliphatic rings. The summed E-state index contributed by atoms with van der Waals surface area (Å²) in [6, 6.07) is 31.2. The van der Waals surface area contributed by atoms with Gasteiger partial charge in [-0.05, 0) is 54.2 Å². The highest BCUT2D eigenvalue weighted by Crippen LogP contribution is 2.36.